The van der Waals surface area contributed by atoms with Gasteiger partial charge in [0.1, 0.15) is 5.41 Å². The lowest BCUT2D eigenvalue weighted by Gasteiger charge is -2.27. The zero-order valence-electron chi connectivity index (χ0n) is 12.0. The van der Waals surface area contributed by atoms with Crippen molar-refractivity contribution in [3.05, 3.63) is 71.8 Å². The van der Waals surface area contributed by atoms with Crippen molar-refractivity contribution in [2.24, 2.45) is 0 Å². The third kappa shape index (κ3) is 3.95. The minimum atomic E-state index is -1.03. The maximum Gasteiger partial charge on any atom is 0.211 e. The van der Waals surface area contributed by atoms with E-state index in [-0.39, 0.29) is 7.58 Å². The number of rotatable bonds is 7. The van der Waals surface area contributed by atoms with E-state index in [0.717, 1.165) is 18.4 Å². The number of carbonyl (C=O) groups excluding carboxylic acids is 2. The molecule has 0 radical (unpaired) electrons. The Hall–Kier alpha value is -0.760. The van der Waals surface area contributed by atoms with Crippen molar-refractivity contribution in [3.63, 3.8) is 0 Å². The highest BCUT2D eigenvalue weighted by Crippen LogP contribution is 2.36. The fourth-order valence-corrected chi connectivity index (χ4v) is 4.74. The van der Waals surface area contributed by atoms with Crippen molar-refractivity contribution in [1.82, 2.24) is 0 Å². The van der Waals surface area contributed by atoms with Gasteiger partial charge in [0.2, 0.25) is 7.58 Å². The van der Waals surface area contributed by atoms with Crippen LogP contribution in [-0.2, 0) is 21.4 Å². The van der Waals surface area contributed by atoms with Gasteiger partial charge in [0.05, 0.1) is 0 Å². The highest BCUT2D eigenvalue weighted by Gasteiger charge is 2.43. The van der Waals surface area contributed by atoms with Crippen LogP contribution in [0.15, 0.2) is 60.7 Å². The fourth-order valence-electron chi connectivity index (χ4n) is 2.57. The average Bonchev–Trinajstić information content (AvgIpc) is 2.53. The molecule has 4 heteroatoms. The first kappa shape index (κ1) is 17.6. The van der Waals surface area contributed by atoms with Gasteiger partial charge in [-0.15, -0.1) is 0 Å². The first-order valence-corrected chi connectivity index (χ1v) is 9.22. The Balaban J connectivity index is 2.22. The molecule has 0 spiro atoms. The second-order valence-electron chi connectivity index (χ2n) is 5.16. The number of hydrogen-bond donors (Lipinski definition) is 0. The van der Waals surface area contributed by atoms with Crippen LogP contribution in [0.2, 0.25) is 0 Å². The second kappa shape index (κ2) is 8.19. The van der Waals surface area contributed by atoms with E-state index in [2.05, 4.69) is 12.1 Å². The summed E-state index contributed by atoms with van der Waals surface area (Å²) in [7, 11) is 0. The van der Waals surface area contributed by atoms with Crippen molar-refractivity contribution in [2.45, 2.75) is 24.7 Å². The van der Waals surface area contributed by atoms with Crippen molar-refractivity contribution in [3.8, 4) is 0 Å². The van der Waals surface area contributed by atoms with Gasteiger partial charge in [-0.1, -0.05) is 60.7 Å². The van der Waals surface area contributed by atoms with E-state index >= 15 is 0 Å². The predicted molar refractivity (Wildman–Crippen MR) is 106 cm³/mol. The van der Waals surface area contributed by atoms with Crippen LogP contribution in [0.25, 0.3) is 0 Å². The Morgan fingerprint density at radius 3 is 1.82 bits per heavy atom. The average molecular weight is 518 g/mol. The summed E-state index contributed by atoms with van der Waals surface area (Å²) in [6.07, 6.45) is 2.20. The molecule has 0 aliphatic carbocycles. The molecule has 0 aromatic heterocycles. The van der Waals surface area contributed by atoms with E-state index in [9.17, 15) is 9.59 Å². The largest absolute Gasteiger partial charge is 0.286 e. The molecule has 0 saturated heterocycles. The van der Waals surface area contributed by atoms with Crippen LogP contribution in [0.3, 0.4) is 0 Å². The van der Waals surface area contributed by atoms with Crippen LogP contribution < -0.4 is 0 Å². The summed E-state index contributed by atoms with van der Waals surface area (Å²) in [5, 5.41) is 0. The van der Waals surface area contributed by atoms with E-state index in [1.807, 2.05) is 48.5 Å². The molecule has 2 rings (SSSR count). The SMILES string of the molecule is O=C(I)C(CCCc1ccccc1)(C(=O)I)c1ccccc1. The first-order chi connectivity index (χ1) is 10.6. The number of halogens is 2. The monoisotopic (exact) mass is 518 g/mol. The third-order valence-corrected chi connectivity index (χ3v) is 5.64. The van der Waals surface area contributed by atoms with Gasteiger partial charge in [-0.25, -0.2) is 0 Å². The molecule has 22 heavy (non-hydrogen) atoms. The normalized spacial score (nSPS) is 11.2. The fraction of sp³-hybridized carbons (Fsp3) is 0.222. The molecular weight excluding hydrogens is 502 g/mol. The van der Waals surface area contributed by atoms with E-state index in [4.69, 9.17) is 0 Å². The van der Waals surface area contributed by atoms with E-state index in [0.29, 0.717) is 6.42 Å². The van der Waals surface area contributed by atoms with Crippen LogP contribution in [0, 0.1) is 0 Å². The topological polar surface area (TPSA) is 34.1 Å². The minimum absolute atomic E-state index is 0.108. The van der Waals surface area contributed by atoms with Crippen molar-refractivity contribution in [1.29, 1.82) is 0 Å². The van der Waals surface area contributed by atoms with Gasteiger partial charge < -0.3 is 0 Å². The van der Waals surface area contributed by atoms with Gasteiger partial charge in [-0.2, -0.15) is 0 Å². The quantitative estimate of drug-likeness (QED) is 0.298. The van der Waals surface area contributed by atoms with Crippen molar-refractivity contribution >= 4 is 52.8 Å². The van der Waals surface area contributed by atoms with E-state index in [1.165, 1.54) is 5.56 Å². The third-order valence-electron chi connectivity index (χ3n) is 3.80. The maximum absolute atomic E-state index is 12.3. The van der Waals surface area contributed by atoms with Crippen LogP contribution in [0.5, 0.6) is 0 Å². The van der Waals surface area contributed by atoms with Crippen LogP contribution in [0.1, 0.15) is 24.0 Å². The summed E-state index contributed by atoms with van der Waals surface area (Å²) in [5.74, 6) is 0. The molecule has 114 valence electrons. The molecule has 0 saturated carbocycles. The summed E-state index contributed by atoms with van der Waals surface area (Å²) in [6.45, 7) is 0. The molecule has 2 aromatic carbocycles. The molecule has 0 aliphatic heterocycles. The van der Waals surface area contributed by atoms with E-state index in [1.54, 1.807) is 45.2 Å². The molecule has 0 N–H and O–H groups in total. The standard InChI is InChI=1S/C18H16I2O2/c19-16(21)18(17(20)22,15-11-5-2-6-12-15)13-7-10-14-8-3-1-4-9-14/h1-6,8-9,11-12H,7,10,13H2. The molecule has 2 aromatic rings. The molecule has 0 fully saturated rings. The van der Waals surface area contributed by atoms with Crippen LogP contribution >= 0.6 is 45.2 Å². The van der Waals surface area contributed by atoms with Gasteiger partial charge in [0.25, 0.3) is 0 Å². The molecule has 0 bridgehead atoms. The van der Waals surface area contributed by atoms with Crippen molar-refractivity contribution in [2.75, 3.05) is 0 Å². The van der Waals surface area contributed by atoms with Gasteiger partial charge in [-0.05, 0) is 30.4 Å². The number of aryl methyl sites for hydroxylation is 1. The lowest BCUT2D eigenvalue weighted by molar-refractivity contribution is -0.123. The summed E-state index contributed by atoms with van der Waals surface area (Å²) in [5.41, 5.74) is 0.991. The molecule has 0 amide bonds. The number of carbonyl (C=O) groups is 2. The van der Waals surface area contributed by atoms with Crippen molar-refractivity contribution < 1.29 is 9.59 Å². The molecular formula is C18H16I2O2. The predicted octanol–water partition coefficient (Wildman–Crippen LogP) is 4.87. The first-order valence-electron chi connectivity index (χ1n) is 7.06. The Morgan fingerprint density at radius 2 is 1.32 bits per heavy atom. The van der Waals surface area contributed by atoms with Crippen LogP contribution in [0.4, 0.5) is 0 Å². The molecule has 0 unspecified atom stereocenters. The smallest absolute Gasteiger partial charge is 0.211 e. The zero-order chi connectivity index (χ0) is 16.0. The highest BCUT2D eigenvalue weighted by atomic mass is 127. The molecule has 0 aliphatic rings. The Labute approximate surface area is 158 Å². The van der Waals surface area contributed by atoms with Gasteiger partial charge in [0.15, 0.2) is 0 Å². The number of hydrogen-bond acceptors (Lipinski definition) is 2. The second-order valence-corrected chi connectivity index (χ2v) is 7.12. The van der Waals surface area contributed by atoms with Gasteiger partial charge >= 0.3 is 0 Å². The summed E-state index contributed by atoms with van der Waals surface area (Å²) in [6, 6.07) is 19.5. The van der Waals surface area contributed by atoms with Gasteiger partial charge in [0, 0.05) is 45.2 Å². The minimum Gasteiger partial charge on any atom is -0.286 e. The highest BCUT2D eigenvalue weighted by molar-refractivity contribution is 14.1. The Bertz CT molecular complexity index is 625. The summed E-state index contributed by atoms with van der Waals surface area (Å²) >= 11 is 3.53. The Kier molecular flexibility index (Phi) is 6.55. The maximum atomic E-state index is 12.3. The lowest BCUT2D eigenvalue weighted by atomic mass is 9.78. The molecule has 0 atom stereocenters. The summed E-state index contributed by atoms with van der Waals surface area (Å²) < 4.78 is -0.215. The molecule has 0 heterocycles. The Morgan fingerprint density at radius 1 is 0.818 bits per heavy atom. The molecule has 2 nitrogen and oxygen atoms in total. The van der Waals surface area contributed by atoms with E-state index < -0.39 is 5.41 Å². The number of benzene rings is 2. The zero-order valence-corrected chi connectivity index (χ0v) is 16.3. The lowest BCUT2D eigenvalue weighted by Crippen LogP contribution is -2.38. The summed E-state index contributed by atoms with van der Waals surface area (Å²) in [4.78, 5) is 24.6. The van der Waals surface area contributed by atoms with Crippen LogP contribution in [-0.4, -0.2) is 7.58 Å². The van der Waals surface area contributed by atoms with Gasteiger partial charge in [-0.3, -0.25) is 9.59 Å².